The van der Waals surface area contributed by atoms with Gasteiger partial charge in [-0.25, -0.2) is 4.39 Å². The summed E-state index contributed by atoms with van der Waals surface area (Å²) >= 11 is 0. The lowest BCUT2D eigenvalue weighted by Gasteiger charge is -2.31. The molecule has 1 aliphatic rings. The Morgan fingerprint density at radius 1 is 0.887 bits per heavy atom. The van der Waals surface area contributed by atoms with Gasteiger partial charge in [-0.1, -0.05) is 79.7 Å². The number of likely N-dealkylation sites (tertiary alicyclic amines) is 1. The molecule has 4 aromatic carbocycles. The molecular weight excluding hydrogens is 671 g/mol. The van der Waals surface area contributed by atoms with Crippen molar-refractivity contribution in [2.24, 2.45) is 0 Å². The molecule has 53 heavy (non-hydrogen) atoms. The first kappa shape index (κ1) is 37.0. The first-order chi connectivity index (χ1) is 25.6. The van der Waals surface area contributed by atoms with Crippen LogP contribution in [0.25, 0.3) is 22.2 Å². The van der Waals surface area contributed by atoms with E-state index in [4.69, 9.17) is 0 Å². The summed E-state index contributed by atoms with van der Waals surface area (Å²) in [5, 5.41) is 6.07. The number of aromatic nitrogens is 1. The van der Waals surface area contributed by atoms with Gasteiger partial charge in [0.1, 0.15) is 12.1 Å². The number of halogens is 1. The van der Waals surface area contributed by atoms with Gasteiger partial charge >= 0.3 is 0 Å². The Balaban J connectivity index is 1.10. The minimum Gasteiger partial charge on any atom is -0.352 e. The van der Waals surface area contributed by atoms with Gasteiger partial charge in [0, 0.05) is 40.9 Å². The minimum atomic E-state index is -0.639. The van der Waals surface area contributed by atoms with Crippen molar-refractivity contribution in [3.05, 3.63) is 120 Å². The van der Waals surface area contributed by atoms with Crippen LogP contribution in [-0.2, 0) is 25.6 Å². The monoisotopic (exact) mass is 716 g/mol. The molecule has 1 aromatic heterocycles. The highest BCUT2D eigenvalue weighted by atomic mass is 19.1. The molecule has 2 heterocycles. The zero-order chi connectivity index (χ0) is 37.5. The summed E-state index contributed by atoms with van der Waals surface area (Å²) in [4.78, 5) is 61.3. The molecule has 3 N–H and O–H groups in total. The van der Waals surface area contributed by atoms with Gasteiger partial charge in [-0.3, -0.25) is 24.1 Å². The maximum Gasteiger partial charge on any atom is 0.247 e. The van der Waals surface area contributed by atoms with Crippen LogP contribution in [0.1, 0.15) is 43.4 Å². The van der Waals surface area contributed by atoms with Crippen LogP contribution in [0.2, 0.25) is 0 Å². The third-order valence-corrected chi connectivity index (χ3v) is 9.54. The van der Waals surface area contributed by atoms with Crippen LogP contribution in [0.4, 0.5) is 15.8 Å². The molecule has 2 atom stereocenters. The normalized spacial score (nSPS) is 14.7. The van der Waals surface area contributed by atoms with E-state index in [2.05, 4.69) is 15.6 Å². The summed E-state index contributed by atoms with van der Waals surface area (Å²) in [6.45, 7) is 2.84. The summed E-state index contributed by atoms with van der Waals surface area (Å²) in [6.07, 6.45) is 2.19. The second-order valence-corrected chi connectivity index (χ2v) is 13.6. The van der Waals surface area contributed by atoms with Gasteiger partial charge in [0.2, 0.25) is 23.6 Å². The Hall–Kier alpha value is -5.81. The largest absolute Gasteiger partial charge is 0.352 e. The Kier molecular flexibility index (Phi) is 11.6. The maximum atomic E-state index is 15.9. The zero-order valence-corrected chi connectivity index (χ0v) is 30.3. The molecule has 1 fully saturated rings. The van der Waals surface area contributed by atoms with Crippen molar-refractivity contribution >= 4 is 45.9 Å². The molecule has 0 saturated carbocycles. The number of anilines is 2. The number of carbonyl (C=O) groups excluding carboxylic acids is 4. The predicted molar refractivity (Wildman–Crippen MR) is 206 cm³/mol. The van der Waals surface area contributed by atoms with Gasteiger partial charge in [-0.15, -0.1) is 0 Å². The van der Waals surface area contributed by atoms with E-state index in [1.807, 2.05) is 86.6 Å². The standard InChI is InChI=1S/C42H45FN6O4/c1-4-23-48(37(51)25-28-12-7-5-8-13-28)27-36(50)44-31-19-17-29(18-20-31)39-38(43)33-26-32(21-22-34(33)46-39)45-41(52)35-16-11-24-49(35)42(53)40(47(2)3)30-14-9-6-10-15-30/h5-10,12-15,17-22,26,35,40,46H,4,11,16,23-25,27H2,1-3H3,(H,44,50)(H,45,52)/t35-,40+/m0/s1. The molecular formula is C42H45FN6O4. The van der Waals surface area contributed by atoms with E-state index in [0.717, 1.165) is 17.5 Å². The average molecular weight is 717 g/mol. The number of amides is 4. The van der Waals surface area contributed by atoms with E-state index in [0.29, 0.717) is 53.8 Å². The number of benzene rings is 4. The number of fused-ring (bicyclic) bond motifs is 1. The Morgan fingerprint density at radius 3 is 2.25 bits per heavy atom. The molecule has 274 valence electrons. The van der Waals surface area contributed by atoms with Crippen molar-refractivity contribution < 1.29 is 23.6 Å². The highest BCUT2D eigenvalue weighted by Gasteiger charge is 2.38. The number of nitrogens with one attached hydrogen (secondary N) is 3. The molecule has 4 amide bonds. The highest BCUT2D eigenvalue weighted by Crippen LogP contribution is 2.32. The Bertz CT molecular complexity index is 2070. The van der Waals surface area contributed by atoms with Crippen LogP contribution >= 0.6 is 0 Å². The number of hydrogen-bond donors (Lipinski definition) is 3. The van der Waals surface area contributed by atoms with Crippen LogP contribution < -0.4 is 10.6 Å². The van der Waals surface area contributed by atoms with Crippen LogP contribution in [0, 0.1) is 5.82 Å². The molecule has 6 rings (SSSR count). The number of carbonyl (C=O) groups is 4. The lowest BCUT2D eigenvalue weighted by atomic mass is 10.0. The van der Waals surface area contributed by atoms with E-state index in [1.165, 1.54) is 0 Å². The Labute approximate surface area is 309 Å². The van der Waals surface area contributed by atoms with Gasteiger partial charge in [0.15, 0.2) is 5.82 Å². The summed E-state index contributed by atoms with van der Waals surface area (Å²) in [5.41, 5.74) is 4.09. The predicted octanol–water partition coefficient (Wildman–Crippen LogP) is 6.63. The van der Waals surface area contributed by atoms with E-state index in [-0.39, 0.29) is 42.3 Å². The van der Waals surface area contributed by atoms with Gasteiger partial charge in [0.05, 0.1) is 18.7 Å². The quantitative estimate of drug-likeness (QED) is 0.127. The lowest BCUT2D eigenvalue weighted by molar-refractivity contribution is -0.140. The fraction of sp³-hybridized carbons (Fsp3) is 0.286. The average Bonchev–Trinajstić information content (AvgIpc) is 3.78. The number of hydrogen-bond acceptors (Lipinski definition) is 5. The van der Waals surface area contributed by atoms with Crippen molar-refractivity contribution in [2.45, 2.75) is 44.7 Å². The van der Waals surface area contributed by atoms with Crippen LogP contribution in [0.5, 0.6) is 0 Å². The molecule has 11 heteroatoms. The van der Waals surface area contributed by atoms with Gasteiger partial charge < -0.3 is 25.4 Å². The molecule has 0 unspecified atom stereocenters. The van der Waals surface area contributed by atoms with Gasteiger partial charge in [-0.05, 0) is 74.8 Å². The number of H-pyrrole nitrogens is 1. The molecule has 0 aliphatic carbocycles. The first-order valence-electron chi connectivity index (χ1n) is 18.0. The summed E-state index contributed by atoms with van der Waals surface area (Å²) < 4.78 is 15.9. The second kappa shape index (κ2) is 16.7. The van der Waals surface area contributed by atoms with Crippen molar-refractivity contribution in [3.8, 4) is 11.3 Å². The number of likely N-dealkylation sites (N-methyl/N-ethyl adjacent to an activating group) is 1. The van der Waals surface area contributed by atoms with Crippen molar-refractivity contribution in [1.29, 1.82) is 0 Å². The zero-order valence-electron chi connectivity index (χ0n) is 30.3. The fourth-order valence-electron chi connectivity index (χ4n) is 6.96. The molecule has 10 nitrogen and oxygen atoms in total. The number of rotatable bonds is 13. The van der Waals surface area contributed by atoms with E-state index in [1.54, 1.807) is 52.3 Å². The minimum absolute atomic E-state index is 0.0733. The van der Waals surface area contributed by atoms with Crippen molar-refractivity contribution in [3.63, 3.8) is 0 Å². The summed E-state index contributed by atoms with van der Waals surface area (Å²) in [7, 11) is 3.70. The smallest absolute Gasteiger partial charge is 0.247 e. The van der Waals surface area contributed by atoms with Gasteiger partial charge in [0.25, 0.3) is 0 Å². The molecule has 0 spiro atoms. The van der Waals surface area contributed by atoms with E-state index in [9.17, 15) is 19.2 Å². The van der Waals surface area contributed by atoms with E-state index < -0.39 is 17.9 Å². The third kappa shape index (κ3) is 8.64. The second-order valence-electron chi connectivity index (χ2n) is 13.6. The van der Waals surface area contributed by atoms with Crippen molar-refractivity contribution in [1.82, 2.24) is 19.7 Å². The molecule has 0 radical (unpaired) electrons. The van der Waals surface area contributed by atoms with Gasteiger partial charge in [-0.2, -0.15) is 0 Å². The summed E-state index contributed by atoms with van der Waals surface area (Å²) in [6, 6.07) is 29.6. The van der Waals surface area contributed by atoms with Crippen LogP contribution in [-0.4, -0.2) is 83.1 Å². The highest BCUT2D eigenvalue weighted by molar-refractivity contribution is 6.00. The van der Waals surface area contributed by atoms with Crippen molar-refractivity contribution in [2.75, 3.05) is 44.4 Å². The SMILES string of the molecule is CCCN(CC(=O)Nc1ccc(-c2[nH]c3ccc(NC(=O)[C@@H]4CCCN4C(=O)[C@@H](c4ccccc4)N(C)C)cc3c2F)cc1)C(=O)Cc1ccccc1. The summed E-state index contributed by atoms with van der Waals surface area (Å²) in [5.74, 6) is -1.36. The fourth-order valence-corrected chi connectivity index (χ4v) is 6.96. The van der Waals surface area contributed by atoms with Crippen LogP contribution in [0.15, 0.2) is 103 Å². The molecule has 1 saturated heterocycles. The number of aromatic amines is 1. The topological polar surface area (TPSA) is 118 Å². The molecule has 5 aromatic rings. The maximum absolute atomic E-state index is 15.9. The third-order valence-electron chi connectivity index (χ3n) is 9.54. The molecule has 1 aliphatic heterocycles. The first-order valence-corrected chi connectivity index (χ1v) is 18.0. The van der Waals surface area contributed by atoms with Crippen LogP contribution in [0.3, 0.4) is 0 Å². The Morgan fingerprint density at radius 2 is 1.57 bits per heavy atom. The number of nitrogens with zero attached hydrogens (tertiary/aromatic N) is 3. The lowest BCUT2D eigenvalue weighted by Crippen LogP contribution is -2.47. The van der Waals surface area contributed by atoms with E-state index >= 15 is 4.39 Å². The molecule has 0 bridgehead atoms.